The minimum absolute atomic E-state index is 0.0544. The first-order valence-corrected chi connectivity index (χ1v) is 7.95. The third kappa shape index (κ3) is 2.18. The molecule has 16 heavy (non-hydrogen) atoms. The fourth-order valence-corrected chi connectivity index (χ4v) is 4.60. The Morgan fingerprint density at radius 1 is 1.56 bits per heavy atom. The van der Waals surface area contributed by atoms with Crippen LogP contribution in [-0.4, -0.2) is 29.5 Å². The van der Waals surface area contributed by atoms with Crippen molar-refractivity contribution in [1.29, 1.82) is 0 Å². The van der Waals surface area contributed by atoms with Gasteiger partial charge in [0.05, 0.1) is 17.7 Å². The lowest BCUT2D eigenvalue weighted by Crippen LogP contribution is -2.12. The molecule has 0 radical (unpaired) electrons. The lowest BCUT2D eigenvalue weighted by Gasteiger charge is -2.16. The van der Waals surface area contributed by atoms with Crippen molar-refractivity contribution in [2.45, 2.75) is 32.2 Å². The molecule has 0 spiro atoms. The van der Waals surface area contributed by atoms with E-state index in [2.05, 4.69) is 39.3 Å². The van der Waals surface area contributed by atoms with Gasteiger partial charge in [0, 0.05) is 12.0 Å². The molecule has 1 unspecified atom stereocenters. The second-order valence-corrected chi connectivity index (χ2v) is 7.54. The Bertz CT molecular complexity index is 493. The van der Waals surface area contributed by atoms with Crippen LogP contribution in [0.3, 0.4) is 0 Å². The number of nitrogens with zero attached hydrogens (tertiary/aromatic N) is 2. The van der Waals surface area contributed by atoms with Gasteiger partial charge in [-0.3, -0.25) is 0 Å². The first-order chi connectivity index (χ1) is 7.41. The Kier molecular flexibility index (Phi) is 3.13. The van der Waals surface area contributed by atoms with Gasteiger partial charge in [-0.05, 0) is 36.2 Å². The number of sulfone groups is 1. The third-order valence-electron chi connectivity index (χ3n) is 2.89. The maximum Gasteiger partial charge on any atom is 0.151 e. The predicted octanol–water partition coefficient (Wildman–Crippen LogP) is 2.13. The van der Waals surface area contributed by atoms with Crippen LogP contribution in [-0.2, 0) is 9.84 Å². The highest BCUT2D eigenvalue weighted by molar-refractivity contribution is 9.10. The van der Waals surface area contributed by atoms with Crippen LogP contribution in [0.25, 0.3) is 0 Å². The van der Waals surface area contributed by atoms with Gasteiger partial charge in [0.1, 0.15) is 10.4 Å². The van der Waals surface area contributed by atoms with Gasteiger partial charge in [-0.1, -0.05) is 0 Å². The molecule has 6 heteroatoms. The zero-order chi connectivity index (χ0) is 11.9. The van der Waals surface area contributed by atoms with Gasteiger partial charge in [-0.2, -0.15) is 0 Å². The SMILES string of the molecule is CC(C)n1c(Br)cnc1C1CCS(=O)(=O)C1. The molecule has 2 heterocycles. The molecule has 0 amide bonds. The van der Waals surface area contributed by atoms with E-state index in [1.807, 2.05) is 0 Å². The summed E-state index contributed by atoms with van der Waals surface area (Å²) in [5.41, 5.74) is 0. The van der Waals surface area contributed by atoms with E-state index in [0.29, 0.717) is 12.2 Å². The molecule has 90 valence electrons. The quantitative estimate of drug-likeness (QED) is 0.841. The Balaban J connectivity index is 2.35. The van der Waals surface area contributed by atoms with Crippen molar-refractivity contribution >= 4 is 25.8 Å². The second kappa shape index (κ2) is 4.14. The average Bonchev–Trinajstić information content (AvgIpc) is 2.68. The van der Waals surface area contributed by atoms with E-state index in [1.54, 1.807) is 6.20 Å². The van der Waals surface area contributed by atoms with Crippen molar-refractivity contribution < 1.29 is 8.42 Å². The molecule has 0 N–H and O–H groups in total. The zero-order valence-electron chi connectivity index (χ0n) is 9.35. The number of halogens is 1. The number of hydrogen-bond acceptors (Lipinski definition) is 3. The summed E-state index contributed by atoms with van der Waals surface area (Å²) in [7, 11) is -2.85. The Hall–Kier alpha value is -0.360. The van der Waals surface area contributed by atoms with Crippen LogP contribution in [0.4, 0.5) is 0 Å². The average molecular weight is 307 g/mol. The van der Waals surface area contributed by atoms with E-state index in [-0.39, 0.29) is 17.7 Å². The van der Waals surface area contributed by atoms with Gasteiger partial charge in [0.25, 0.3) is 0 Å². The van der Waals surface area contributed by atoms with Crippen LogP contribution in [0.15, 0.2) is 10.8 Å². The normalized spacial score (nSPS) is 24.1. The molecule has 0 aliphatic carbocycles. The summed E-state index contributed by atoms with van der Waals surface area (Å²) in [5.74, 6) is 1.48. The Morgan fingerprint density at radius 3 is 2.75 bits per heavy atom. The van der Waals surface area contributed by atoms with Crippen molar-refractivity contribution in [3.05, 3.63) is 16.6 Å². The largest absolute Gasteiger partial charge is 0.320 e. The zero-order valence-corrected chi connectivity index (χ0v) is 11.8. The van der Waals surface area contributed by atoms with E-state index in [4.69, 9.17) is 0 Å². The predicted molar refractivity (Wildman–Crippen MR) is 66.3 cm³/mol. The maximum absolute atomic E-state index is 11.5. The second-order valence-electron chi connectivity index (χ2n) is 4.50. The summed E-state index contributed by atoms with van der Waals surface area (Å²) in [5, 5.41) is 0. The number of rotatable bonds is 2. The van der Waals surface area contributed by atoms with E-state index in [9.17, 15) is 8.42 Å². The molecular weight excluding hydrogens is 292 g/mol. The van der Waals surface area contributed by atoms with Crippen LogP contribution in [0.2, 0.25) is 0 Å². The van der Waals surface area contributed by atoms with Crippen LogP contribution in [0.5, 0.6) is 0 Å². The first-order valence-electron chi connectivity index (χ1n) is 5.34. The molecule has 1 fully saturated rings. The lowest BCUT2D eigenvalue weighted by atomic mass is 10.1. The molecule has 0 aromatic carbocycles. The van der Waals surface area contributed by atoms with Crippen molar-refractivity contribution in [3.8, 4) is 0 Å². The number of hydrogen-bond donors (Lipinski definition) is 0. The number of aromatic nitrogens is 2. The molecule has 1 aromatic heterocycles. The highest BCUT2D eigenvalue weighted by atomic mass is 79.9. The summed E-state index contributed by atoms with van der Waals surface area (Å²) in [6, 6.07) is 0.287. The minimum atomic E-state index is -2.85. The Morgan fingerprint density at radius 2 is 2.25 bits per heavy atom. The summed E-state index contributed by atoms with van der Waals surface area (Å²) in [6.45, 7) is 4.14. The van der Waals surface area contributed by atoms with Crippen LogP contribution >= 0.6 is 15.9 Å². The fourth-order valence-electron chi connectivity index (χ4n) is 2.17. The first kappa shape index (κ1) is 12.1. The molecule has 1 aliphatic rings. The molecule has 4 nitrogen and oxygen atoms in total. The van der Waals surface area contributed by atoms with Crippen molar-refractivity contribution in [3.63, 3.8) is 0 Å². The van der Waals surface area contributed by atoms with Gasteiger partial charge >= 0.3 is 0 Å². The molecule has 1 atom stereocenters. The molecule has 1 aliphatic heterocycles. The molecule has 1 aromatic rings. The van der Waals surface area contributed by atoms with Crippen molar-refractivity contribution in [2.75, 3.05) is 11.5 Å². The summed E-state index contributed by atoms with van der Waals surface area (Å²) >= 11 is 3.44. The summed E-state index contributed by atoms with van der Waals surface area (Å²) in [6.07, 6.45) is 2.44. The smallest absolute Gasteiger partial charge is 0.151 e. The standard InChI is InChI=1S/C10H15BrN2O2S/c1-7(2)13-9(11)5-12-10(13)8-3-4-16(14,15)6-8/h5,7-8H,3-4,6H2,1-2H3. The number of imidazole rings is 1. The third-order valence-corrected chi connectivity index (χ3v) is 5.25. The molecular formula is C10H15BrN2O2S. The minimum Gasteiger partial charge on any atom is -0.320 e. The van der Waals surface area contributed by atoms with Gasteiger partial charge in [0.2, 0.25) is 0 Å². The van der Waals surface area contributed by atoms with E-state index in [1.165, 1.54) is 0 Å². The highest BCUT2D eigenvalue weighted by Gasteiger charge is 2.32. The van der Waals surface area contributed by atoms with Gasteiger partial charge < -0.3 is 4.57 Å². The molecule has 0 bridgehead atoms. The summed E-state index contributed by atoms with van der Waals surface area (Å²) < 4.78 is 25.9. The van der Waals surface area contributed by atoms with E-state index >= 15 is 0 Å². The van der Waals surface area contributed by atoms with Gasteiger partial charge in [0.15, 0.2) is 9.84 Å². The molecule has 0 saturated carbocycles. The van der Waals surface area contributed by atoms with Crippen molar-refractivity contribution in [1.82, 2.24) is 9.55 Å². The molecule has 1 saturated heterocycles. The Labute approximate surface area is 104 Å². The van der Waals surface area contributed by atoms with Crippen LogP contribution in [0.1, 0.15) is 38.1 Å². The monoisotopic (exact) mass is 306 g/mol. The topological polar surface area (TPSA) is 52.0 Å². The summed E-state index contributed by atoms with van der Waals surface area (Å²) in [4.78, 5) is 4.34. The lowest BCUT2D eigenvalue weighted by molar-refractivity contribution is 0.532. The maximum atomic E-state index is 11.5. The van der Waals surface area contributed by atoms with Gasteiger partial charge in [-0.25, -0.2) is 13.4 Å². The van der Waals surface area contributed by atoms with Crippen molar-refractivity contribution in [2.24, 2.45) is 0 Å². The highest BCUT2D eigenvalue weighted by Crippen LogP contribution is 2.31. The molecule has 2 rings (SSSR count). The van der Waals surface area contributed by atoms with Crippen LogP contribution in [0, 0.1) is 0 Å². The van der Waals surface area contributed by atoms with E-state index in [0.717, 1.165) is 10.4 Å². The van der Waals surface area contributed by atoms with Gasteiger partial charge in [-0.15, -0.1) is 0 Å². The van der Waals surface area contributed by atoms with E-state index < -0.39 is 9.84 Å². The fraction of sp³-hybridized carbons (Fsp3) is 0.700. The van der Waals surface area contributed by atoms with Crippen LogP contribution < -0.4 is 0 Å².